The number of amides is 1. The maximum Gasteiger partial charge on any atom is 0.340 e. The largest absolute Gasteiger partial charge is 0.449 e. The topological polar surface area (TPSA) is 55.4 Å². The van der Waals surface area contributed by atoms with Gasteiger partial charge in [-0.05, 0) is 39.7 Å². The van der Waals surface area contributed by atoms with Crippen LogP contribution in [0.25, 0.3) is 0 Å². The number of aryl methyl sites for hydroxylation is 2. The molecule has 1 aliphatic rings. The van der Waals surface area contributed by atoms with E-state index in [0.29, 0.717) is 5.56 Å². The lowest BCUT2D eigenvalue weighted by atomic mass is 10.2. The van der Waals surface area contributed by atoms with Crippen LogP contribution >= 0.6 is 11.3 Å². The van der Waals surface area contributed by atoms with Crippen molar-refractivity contribution in [1.29, 1.82) is 0 Å². The lowest BCUT2D eigenvalue weighted by Crippen LogP contribution is -2.40. The first kappa shape index (κ1) is 15.0. The van der Waals surface area contributed by atoms with Crippen molar-refractivity contribution >= 4 is 23.2 Å². The molecule has 1 aromatic rings. The van der Waals surface area contributed by atoms with Crippen LogP contribution in [0.15, 0.2) is 6.07 Å². The predicted molar refractivity (Wildman–Crippen MR) is 79.1 cm³/mol. The van der Waals surface area contributed by atoms with Crippen LogP contribution in [-0.4, -0.2) is 24.0 Å². The lowest BCUT2D eigenvalue weighted by Gasteiger charge is -2.17. The fraction of sp³-hybridized carbons (Fsp3) is 0.600. The highest BCUT2D eigenvalue weighted by atomic mass is 32.1. The number of esters is 1. The first-order valence-electron chi connectivity index (χ1n) is 7.05. The Morgan fingerprint density at radius 1 is 1.35 bits per heavy atom. The maximum atomic E-state index is 12.0. The summed E-state index contributed by atoms with van der Waals surface area (Å²) >= 11 is 1.56. The fourth-order valence-electron chi connectivity index (χ4n) is 2.50. The molecule has 1 aromatic heterocycles. The molecule has 0 bridgehead atoms. The van der Waals surface area contributed by atoms with Gasteiger partial charge < -0.3 is 10.1 Å². The number of carbonyl (C=O) groups is 2. The molecule has 1 atom stereocenters. The third-order valence-corrected chi connectivity index (χ3v) is 4.58. The minimum absolute atomic E-state index is 0.199. The summed E-state index contributed by atoms with van der Waals surface area (Å²) in [6.07, 6.45) is 3.62. The molecule has 0 saturated heterocycles. The Bertz CT molecular complexity index is 503. The van der Waals surface area contributed by atoms with E-state index in [9.17, 15) is 9.59 Å². The van der Waals surface area contributed by atoms with Gasteiger partial charge in [-0.1, -0.05) is 12.8 Å². The van der Waals surface area contributed by atoms with Crippen LogP contribution in [0.1, 0.15) is 52.7 Å². The molecule has 1 fully saturated rings. The molecule has 0 spiro atoms. The molecular weight excluding hydrogens is 274 g/mol. The van der Waals surface area contributed by atoms with Gasteiger partial charge in [0.2, 0.25) is 0 Å². The Balaban J connectivity index is 1.89. The van der Waals surface area contributed by atoms with Crippen molar-refractivity contribution in [2.45, 2.75) is 58.6 Å². The SMILES string of the molecule is Cc1cc(C(=O)O[C@@H](C)C(=O)NC2CCCC2)c(C)s1. The Hall–Kier alpha value is -1.36. The van der Waals surface area contributed by atoms with Crippen molar-refractivity contribution in [3.63, 3.8) is 0 Å². The van der Waals surface area contributed by atoms with Gasteiger partial charge in [-0.15, -0.1) is 11.3 Å². The van der Waals surface area contributed by atoms with Crippen molar-refractivity contribution in [2.24, 2.45) is 0 Å². The number of ether oxygens (including phenoxy) is 1. The molecule has 5 heteroatoms. The van der Waals surface area contributed by atoms with E-state index in [1.807, 2.05) is 19.9 Å². The number of carbonyl (C=O) groups excluding carboxylic acids is 2. The third kappa shape index (κ3) is 3.60. The third-order valence-electron chi connectivity index (χ3n) is 3.62. The average Bonchev–Trinajstić information content (AvgIpc) is 2.98. The van der Waals surface area contributed by atoms with Crippen molar-refractivity contribution in [3.05, 3.63) is 21.4 Å². The quantitative estimate of drug-likeness (QED) is 0.869. The van der Waals surface area contributed by atoms with E-state index >= 15 is 0 Å². The van der Waals surface area contributed by atoms with E-state index < -0.39 is 12.1 Å². The van der Waals surface area contributed by atoms with Crippen LogP contribution in [0.4, 0.5) is 0 Å². The molecule has 0 aliphatic heterocycles. The summed E-state index contributed by atoms with van der Waals surface area (Å²) < 4.78 is 5.26. The van der Waals surface area contributed by atoms with Crippen molar-refractivity contribution in [3.8, 4) is 0 Å². The Morgan fingerprint density at radius 3 is 2.55 bits per heavy atom. The zero-order valence-corrected chi connectivity index (χ0v) is 13.0. The van der Waals surface area contributed by atoms with Gasteiger partial charge in [0.05, 0.1) is 5.56 Å². The summed E-state index contributed by atoms with van der Waals surface area (Å²) in [7, 11) is 0. The Labute approximate surface area is 123 Å². The summed E-state index contributed by atoms with van der Waals surface area (Å²) in [6, 6.07) is 2.05. The van der Waals surface area contributed by atoms with Crippen LogP contribution in [-0.2, 0) is 9.53 Å². The fourth-order valence-corrected chi connectivity index (χ4v) is 3.41. The molecule has 110 valence electrons. The molecule has 0 unspecified atom stereocenters. The van der Waals surface area contributed by atoms with Gasteiger partial charge in [0.25, 0.3) is 5.91 Å². The van der Waals surface area contributed by atoms with E-state index in [4.69, 9.17) is 4.74 Å². The first-order chi connectivity index (χ1) is 9.47. The molecular formula is C15H21NO3S. The molecule has 4 nitrogen and oxygen atoms in total. The number of hydrogen-bond donors (Lipinski definition) is 1. The molecule has 2 rings (SSSR count). The van der Waals surface area contributed by atoms with E-state index in [-0.39, 0.29) is 11.9 Å². The van der Waals surface area contributed by atoms with Gasteiger partial charge in [0.1, 0.15) is 0 Å². The Kier molecular flexibility index (Phi) is 4.81. The van der Waals surface area contributed by atoms with Gasteiger partial charge in [-0.2, -0.15) is 0 Å². The lowest BCUT2D eigenvalue weighted by molar-refractivity contribution is -0.129. The number of rotatable bonds is 4. The summed E-state index contributed by atoms with van der Waals surface area (Å²) in [5.74, 6) is -0.615. The highest BCUT2D eigenvalue weighted by Crippen LogP contribution is 2.22. The summed E-state index contributed by atoms with van der Waals surface area (Å²) in [5.41, 5.74) is 0.563. The number of nitrogens with one attached hydrogen (secondary N) is 1. The Morgan fingerprint density at radius 2 is 2.00 bits per heavy atom. The minimum Gasteiger partial charge on any atom is -0.449 e. The van der Waals surface area contributed by atoms with Crippen LogP contribution in [0.5, 0.6) is 0 Å². The van der Waals surface area contributed by atoms with Crippen LogP contribution < -0.4 is 5.32 Å². The van der Waals surface area contributed by atoms with Crippen molar-refractivity contribution < 1.29 is 14.3 Å². The van der Waals surface area contributed by atoms with Gasteiger partial charge >= 0.3 is 5.97 Å². The molecule has 1 saturated carbocycles. The van der Waals surface area contributed by atoms with Gasteiger partial charge in [-0.25, -0.2) is 4.79 Å². The van der Waals surface area contributed by atoms with E-state index in [2.05, 4.69) is 5.32 Å². The standard InChI is InChI=1S/C15H21NO3S/c1-9-8-13(11(3)20-9)15(18)19-10(2)14(17)16-12-6-4-5-7-12/h8,10,12H,4-7H2,1-3H3,(H,16,17)/t10-/m0/s1. The van der Waals surface area contributed by atoms with Gasteiger partial charge in [0.15, 0.2) is 6.10 Å². The monoisotopic (exact) mass is 295 g/mol. The zero-order chi connectivity index (χ0) is 14.7. The number of hydrogen-bond acceptors (Lipinski definition) is 4. The van der Waals surface area contributed by atoms with Crippen LogP contribution in [0, 0.1) is 13.8 Å². The van der Waals surface area contributed by atoms with Crippen LogP contribution in [0.3, 0.4) is 0 Å². The molecule has 0 aromatic carbocycles. The van der Waals surface area contributed by atoms with Gasteiger partial charge in [0, 0.05) is 15.8 Å². The van der Waals surface area contributed by atoms with Crippen LogP contribution in [0.2, 0.25) is 0 Å². The highest BCUT2D eigenvalue weighted by molar-refractivity contribution is 7.12. The second-order valence-electron chi connectivity index (χ2n) is 5.36. The van der Waals surface area contributed by atoms with Crippen molar-refractivity contribution in [2.75, 3.05) is 0 Å². The normalized spacial score (nSPS) is 16.9. The maximum absolute atomic E-state index is 12.0. The summed E-state index contributed by atoms with van der Waals surface area (Å²) in [5, 5.41) is 2.94. The summed E-state index contributed by atoms with van der Waals surface area (Å²) in [6.45, 7) is 5.46. The summed E-state index contributed by atoms with van der Waals surface area (Å²) in [4.78, 5) is 26.0. The second-order valence-corrected chi connectivity index (χ2v) is 6.82. The average molecular weight is 295 g/mol. The first-order valence-corrected chi connectivity index (χ1v) is 7.87. The minimum atomic E-state index is -0.747. The molecule has 1 aliphatic carbocycles. The predicted octanol–water partition coefficient (Wildman–Crippen LogP) is 2.97. The second kappa shape index (κ2) is 6.39. The van der Waals surface area contributed by atoms with E-state index in [1.165, 1.54) is 0 Å². The van der Waals surface area contributed by atoms with E-state index in [1.54, 1.807) is 18.3 Å². The van der Waals surface area contributed by atoms with E-state index in [0.717, 1.165) is 35.4 Å². The molecule has 1 N–H and O–H groups in total. The number of thiophene rings is 1. The van der Waals surface area contributed by atoms with Crippen molar-refractivity contribution in [1.82, 2.24) is 5.32 Å². The highest BCUT2D eigenvalue weighted by Gasteiger charge is 2.24. The smallest absolute Gasteiger partial charge is 0.340 e. The van der Waals surface area contributed by atoms with Gasteiger partial charge in [-0.3, -0.25) is 4.79 Å². The molecule has 20 heavy (non-hydrogen) atoms. The molecule has 1 heterocycles. The molecule has 0 radical (unpaired) electrons. The zero-order valence-electron chi connectivity index (χ0n) is 12.2. The molecule has 1 amide bonds.